The van der Waals surface area contributed by atoms with Gasteiger partial charge in [-0.1, -0.05) is 6.92 Å². The van der Waals surface area contributed by atoms with E-state index in [2.05, 4.69) is 4.98 Å². The van der Waals surface area contributed by atoms with Crippen molar-refractivity contribution in [1.29, 1.82) is 0 Å². The lowest BCUT2D eigenvalue weighted by atomic mass is 10.2. The van der Waals surface area contributed by atoms with Gasteiger partial charge in [-0.15, -0.1) is 0 Å². The zero-order chi connectivity index (χ0) is 15.6. The SMILES string of the molecule is CCCN(CC(F)(F)F)c1cc(C(F)(F)F)ncc1N. The average molecular weight is 301 g/mol. The molecule has 0 saturated carbocycles. The fraction of sp³-hybridized carbons (Fsp3) is 0.545. The van der Waals surface area contributed by atoms with Crippen molar-refractivity contribution < 1.29 is 26.3 Å². The molecular weight excluding hydrogens is 288 g/mol. The third-order valence-electron chi connectivity index (χ3n) is 2.41. The van der Waals surface area contributed by atoms with Crippen molar-refractivity contribution in [2.45, 2.75) is 25.7 Å². The molecule has 0 aliphatic heterocycles. The number of aromatic nitrogens is 1. The molecule has 2 N–H and O–H groups in total. The smallest absolute Gasteiger partial charge is 0.396 e. The minimum Gasteiger partial charge on any atom is -0.396 e. The summed E-state index contributed by atoms with van der Waals surface area (Å²) in [5.74, 6) is 0. The molecular formula is C11H13F6N3. The Labute approximate surface area is 111 Å². The van der Waals surface area contributed by atoms with E-state index in [1.54, 1.807) is 6.92 Å². The van der Waals surface area contributed by atoms with Gasteiger partial charge in [-0.25, -0.2) is 4.98 Å². The van der Waals surface area contributed by atoms with Gasteiger partial charge in [0.2, 0.25) is 0 Å². The van der Waals surface area contributed by atoms with Gasteiger partial charge in [0.05, 0.1) is 17.6 Å². The van der Waals surface area contributed by atoms with Gasteiger partial charge in [0, 0.05) is 6.54 Å². The highest BCUT2D eigenvalue weighted by Crippen LogP contribution is 2.33. The van der Waals surface area contributed by atoms with Crippen LogP contribution in [0.5, 0.6) is 0 Å². The van der Waals surface area contributed by atoms with Gasteiger partial charge in [-0.05, 0) is 12.5 Å². The van der Waals surface area contributed by atoms with E-state index in [1.165, 1.54) is 0 Å². The van der Waals surface area contributed by atoms with E-state index >= 15 is 0 Å². The molecule has 1 rings (SSSR count). The molecule has 114 valence electrons. The molecule has 0 bridgehead atoms. The van der Waals surface area contributed by atoms with Gasteiger partial charge in [-0.3, -0.25) is 0 Å². The van der Waals surface area contributed by atoms with Crippen LogP contribution in [-0.4, -0.2) is 24.2 Å². The Kier molecular flexibility index (Phi) is 4.72. The third-order valence-corrected chi connectivity index (χ3v) is 2.41. The molecule has 0 unspecified atom stereocenters. The highest BCUT2D eigenvalue weighted by atomic mass is 19.4. The first-order valence-corrected chi connectivity index (χ1v) is 5.69. The quantitative estimate of drug-likeness (QED) is 0.866. The summed E-state index contributed by atoms with van der Waals surface area (Å²) in [6, 6.07) is 0.538. The first kappa shape index (κ1) is 16.4. The Morgan fingerprint density at radius 1 is 1.20 bits per heavy atom. The van der Waals surface area contributed by atoms with Crippen LogP contribution < -0.4 is 10.6 Å². The molecule has 1 aromatic rings. The van der Waals surface area contributed by atoms with E-state index in [4.69, 9.17) is 5.73 Å². The molecule has 0 aliphatic rings. The van der Waals surface area contributed by atoms with Crippen molar-refractivity contribution >= 4 is 11.4 Å². The Balaban J connectivity index is 3.18. The van der Waals surface area contributed by atoms with E-state index in [0.29, 0.717) is 12.5 Å². The summed E-state index contributed by atoms with van der Waals surface area (Å²) < 4.78 is 75.0. The number of alkyl halides is 6. The molecule has 0 amide bonds. The summed E-state index contributed by atoms with van der Waals surface area (Å²) in [6.45, 7) is 0.183. The van der Waals surface area contributed by atoms with Gasteiger partial charge >= 0.3 is 12.4 Å². The first-order chi connectivity index (χ1) is 9.04. The van der Waals surface area contributed by atoms with Crippen LogP contribution in [0.25, 0.3) is 0 Å². The molecule has 0 spiro atoms. The summed E-state index contributed by atoms with van der Waals surface area (Å²) >= 11 is 0. The second-order valence-electron chi connectivity index (χ2n) is 4.16. The maximum Gasteiger partial charge on any atom is 0.433 e. The molecule has 20 heavy (non-hydrogen) atoms. The van der Waals surface area contributed by atoms with E-state index < -0.39 is 24.6 Å². The Hall–Kier alpha value is -1.67. The van der Waals surface area contributed by atoms with Crippen LogP contribution in [0.3, 0.4) is 0 Å². The number of hydrogen-bond acceptors (Lipinski definition) is 3. The Bertz CT molecular complexity index is 454. The van der Waals surface area contributed by atoms with Crippen LogP contribution in [0.4, 0.5) is 37.7 Å². The van der Waals surface area contributed by atoms with Gasteiger partial charge in [-0.2, -0.15) is 26.3 Å². The zero-order valence-corrected chi connectivity index (χ0v) is 10.5. The standard InChI is InChI=1S/C11H13F6N3/c1-2-3-20(6-10(12,13)14)8-4-9(11(15,16)17)19-5-7(8)18/h4-5H,2-3,6,18H2,1H3. The topological polar surface area (TPSA) is 42.2 Å². The summed E-state index contributed by atoms with van der Waals surface area (Å²) in [5.41, 5.74) is 3.63. The van der Waals surface area contributed by atoms with Crippen LogP contribution in [0.2, 0.25) is 0 Å². The monoisotopic (exact) mass is 301 g/mol. The van der Waals surface area contributed by atoms with Gasteiger partial charge in [0.1, 0.15) is 12.2 Å². The number of hydrogen-bond donors (Lipinski definition) is 1. The predicted molar refractivity (Wildman–Crippen MR) is 62.2 cm³/mol. The number of halogens is 6. The number of nitrogens with zero attached hydrogens (tertiary/aromatic N) is 2. The van der Waals surface area contributed by atoms with Gasteiger partial charge in [0.25, 0.3) is 0 Å². The van der Waals surface area contributed by atoms with Crippen LogP contribution in [0, 0.1) is 0 Å². The number of rotatable bonds is 4. The van der Waals surface area contributed by atoms with Crippen LogP contribution in [0.1, 0.15) is 19.0 Å². The lowest BCUT2D eigenvalue weighted by Crippen LogP contribution is -2.35. The van der Waals surface area contributed by atoms with E-state index in [9.17, 15) is 26.3 Å². The highest BCUT2D eigenvalue weighted by molar-refractivity contribution is 5.67. The van der Waals surface area contributed by atoms with Crippen molar-refractivity contribution in [3.05, 3.63) is 18.0 Å². The summed E-state index contributed by atoms with van der Waals surface area (Å²) in [5, 5.41) is 0. The maximum absolute atomic E-state index is 12.5. The molecule has 0 saturated heterocycles. The molecule has 0 fully saturated rings. The van der Waals surface area contributed by atoms with Gasteiger partial charge < -0.3 is 10.6 Å². The maximum atomic E-state index is 12.5. The van der Waals surface area contributed by atoms with Gasteiger partial charge in [0.15, 0.2) is 0 Å². The van der Waals surface area contributed by atoms with Crippen molar-refractivity contribution in [3.8, 4) is 0 Å². The van der Waals surface area contributed by atoms with Crippen LogP contribution >= 0.6 is 0 Å². The molecule has 0 atom stereocenters. The van der Waals surface area contributed by atoms with Crippen molar-refractivity contribution in [2.75, 3.05) is 23.7 Å². The Morgan fingerprint density at radius 3 is 2.25 bits per heavy atom. The minimum atomic E-state index is -4.74. The molecule has 3 nitrogen and oxygen atoms in total. The number of nitrogen functional groups attached to an aromatic ring is 1. The summed E-state index contributed by atoms with van der Waals surface area (Å²) in [6.07, 6.45) is -8.22. The summed E-state index contributed by atoms with van der Waals surface area (Å²) in [7, 11) is 0. The van der Waals surface area contributed by atoms with E-state index in [0.717, 1.165) is 11.1 Å². The third kappa shape index (κ3) is 4.46. The highest BCUT2D eigenvalue weighted by Gasteiger charge is 2.35. The Morgan fingerprint density at radius 2 is 1.80 bits per heavy atom. The fourth-order valence-electron chi connectivity index (χ4n) is 1.66. The number of anilines is 2. The van der Waals surface area contributed by atoms with Crippen molar-refractivity contribution in [3.63, 3.8) is 0 Å². The lowest BCUT2D eigenvalue weighted by Gasteiger charge is -2.27. The number of nitrogens with two attached hydrogens (primary N) is 1. The lowest BCUT2D eigenvalue weighted by molar-refractivity contribution is -0.141. The first-order valence-electron chi connectivity index (χ1n) is 5.69. The van der Waals surface area contributed by atoms with Crippen molar-refractivity contribution in [2.24, 2.45) is 0 Å². The largest absolute Gasteiger partial charge is 0.433 e. The normalized spacial score (nSPS) is 12.6. The minimum absolute atomic E-state index is 0.0645. The van der Waals surface area contributed by atoms with E-state index in [-0.39, 0.29) is 17.9 Å². The second-order valence-corrected chi connectivity index (χ2v) is 4.16. The zero-order valence-electron chi connectivity index (χ0n) is 10.5. The van der Waals surface area contributed by atoms with Crippen LogP contribution in [-0.2, 0) is 6.18 Å². The molecule has 0 aromatic carbocycles. The summed E-state index contributed by atoms with van der Waals surface area (Å²) in [4.78, 5) is 3.86. The second kappa shape index (κ2) is 5.76. The predicted octanol–water partition coefficient (Wildman–Crippen LogP) is 3.46. The molecule has 1 heterocycles. The molecule has 0 radical (unpaired) electrons. The molecule has 1 aromatic heterocycles. The van der Waals surface area contributed by atoms with Crippen LogP contribution in [0.15, 0.2) is 12.3 Å². The fourth-order valence-corrected chi connectivity index (χ4v) is 1.66. The van der Waals surface area contributed by atoms with E-state index in [1.807, 2.05) is 0 Å². The molecule has 9 heteroatoms. The number of pyridine rings is 1. The van der Waals surface area contributed by atoms with Crippen molar-refractivity contribution in [1.82, 2.24) is 4.98 Å². The molecule has 0 aliphatic carbocycles. The average Bonchev–Trinajstić information content (AvgIpc) is 2.25.